The predicted molar refractivity (Wildman–Crippen MR) is 149 cm³/mol. The monoisotopic (exact) mass is 562 g/mol. The van der Waals surface area contributed by atoms with Crippen molar-refractivity contribution in [1.82, 2.24) is 10.6 Å². The van der Waals surface area contributed by atoms with Gasteiger partial charge in [0.1, 0.15) is 11.5 Å². The molecule has 0 radical (unpaired) electrons. The van der Waals surface area contributed by atoms with E-state index >= 15 is 0 Å². The molecule has 0 saturated carbocycles. The first-order valence-corrected chi connectivity index (χ1v) is 11.9. The molecule has 0 spiro atoms. The molecule has 3 rings (SSSR count). The van der Waals surface area contributed by atoms with E-state index in [9.17, 15) is 9.59 Å². The molecular formula is C24H20Cl2N4O4S2. The van der Waals surface area contributed by atoms with Crippen LogP contribution in [0.4, 0.5) is 11.4 Å². The maximum atomic E-state index is 12.1. The van der Waals surface area contributed by atoms with Gasteiger partial charge in [-0.3, -0.25) is 20.2 Å². The zero-order chi connectivity index (χ0) is 25.9. The molecule has 0 heterocycles. The van der Waals surface area contributed by atoms with E-state index in [1.54, 1.807) is 72.8 Å². The molecule has 36 heavy (non-hydrogen) atoms. The molecule has 0 fully saturated rings. The van der Waals surface area contributed by atoms with Gasteiger partial charge in [-0.1, -0.05) is 23.2 Å². The average molecular weight is 563 g/mol. The van der Waals surface area contributed by atoms with Gasteiger partial charge in [0.05, 0.1) is 0 Å². The molecule has 0 atom stereocenters. The van der Waals surface area contributed by atoms with E-state index in [0.717, 1.165) is 0 Å². The lowest BCUT2D eigenvalue weighted by Crippen LogP contribution is -2.37. The summed E-state index contributed by atoms with van der Waals surface area (Å²) in [4.78, 5) is 24.1. The van der Waals surface area contributed by atoms with Crippen molar-refractivity contribution in [2.24, 2.45) is 0 Å². The third kappa shape index (κ3) is 9.67. The molecular weight excluding hydrogens is 543 g/mol. The molecule has 0 bridgehead atoms. The van der Waals surface area contributed by atoms with Crippen LogP contribution in [0.1, 0.15) is 0 Å². The SMILES string of the molecule is O=C(COc1ccc(OCC(=O)NC(=S)Nc2ccc(Cl)cc2)cc1)NC(=S)Nc1ccc(Cl)cc1. The molecule has 8 nitrogen and oxygen atoms in total. The molecule has 186 valence electrons. The summed E-state index contributed by atoms with van der Waals surface area (Å²) < 4.78 is 10.9. The van der Waals surface area contributed by atoms with Crippen LogP contribution in [0.25, 0.3) is 0 Å². The van der Waals surface area contributed by atoms with E-state index in [0.29, 0.717) is 32.9 Å². The van der Waals surface area contributed by atoms with Crippen molar-refractivity contribution < 1.29 is 19.1 Å². The summed E-state index contributed by atoms with van der Waals surface area (Å²) in [6, 6.07) is 20.2. The minimum absolute atomic E-state index is 0.135. The zero-order valence-electron chi connectivity index (χ0n) is 18.5. The predicted octanol–water partition coefficient (Wildman–Crippen LogP) is 4.78. The van der Waals surface area contributed by atoms with Crippen molar-refractivity contribution in [2.45, 2.75) is 0 Å². The fraction of sp³-hybridized carbons (Fsp3) is 0.0833. The van der Waals surface area contributed by atoms with E-state index in [4.69, 9.17) is 57.1 Å². The summed E-state index contributed by atoms with van der Waals surface area (Å²) >= 11 is 21.9. The topological polar surface area (TPSA) is 101 Å². The van der Waals surface area contributed by atoms with Crippen LogP contribution in [-0.4, -0.2) is 35.3 Å². The van der Waals surface area contributed by atoms with Gasteiger partial charge in [-0.25, -0.2) is 0 Å². The maximum absolute atomic E-state index is 12.1. The van der Waals surface area contributed by atoms with Crippen LogP contribution in [0.5, 0.6) is 11.5 Å². The molecule has 0 saturated heterocycles. The Morgan fingerprint density at radius 1 is 0.611 bits per heavy atom. The number of anilines is 2. The number of carbonyl (C=O) groups excluding carboxylic acids is 2. The molecule has 0 aliphatic heterocycles. The van der Waals surface area contributed by atoms with Crippen molar-refractivity contribution in [3.63, 3.8) is 0 Å². The van der Waals surface area contributed by atoms with Gasteiger partial charge >= 0.3 is 0 Å². The number of halogens is 2. The Kier molecular flexibility index (Phi) is 10.3. The van der Waals surface area contributed by atoms with Crippen LogP contribution >= 0.6 is 47.6 Å². The summed E-state index contributed by atoms with van der Waals surface area (Å²) in [7, 11) is 0. The van der Waals surface area contributed by atoms with Crippen LogP contribution < -0.4 is 30.7 Å². The third-order valence-corrected chi connectivity index (χ3v) is 5.19. The van der Waals surface area contributed by atoms with Crippen molar-refractivity contribution >= 4 is 81.1 Å². The van der Waals surface area contributed by atoms with Gasteiger partial charge in [0.25, 0.3) is 11.8 Å². The van der Waals surface area contributed by atoms with E-state index in [2.05, 4.69) is 21.3 Å². The summed E-state index contributed by atoms with van der Waals surface area (Å²) in [5.41, 5.74) is 1.38. The fourth-order valence-electron chi connectivity index (χ4n) is 2.65. The number of nitrogens with one attached hydrogen (secondary N) is 4. The second kappa shape index (κ2) is 13.6. The molecule has 4 N–H and O–H groups in total. The molecule has 0 unspecified atom stereocenters. The number of amides is 2. The Bertz CT molecular complexity index is 1130. The number of carbonyl (C=O) groups is 2. The first-order valence-electron chi connectivity index (χ1n) is 10.4. The molecule has 0 aliphatic carbocycles. The van der Waals surface area contributed by atoms with Gasteiger partial charge in [0.15, 0.2) is 23.4 Å². The van der Waals surface area contributed by atoms with Crippen molar-refractivity contribution in [3.8, 4) is 11.5 Å². The van der Waals surface area contributed by atoms with Gasteiger partial charge in [0, 0.05) is 21.4 Å². The Morgan fingerprint density at radius 3 is 1.28 bits per heavy atom. The number of benzene rings is 3. The minimum Gasteiger partial charge on any atom is -0.484 e. The fourth-order valence-corrected chi connectivity index (χ4v) is 3.36. The lowest BCUT2D eigenvalue weighted by molar-refractivity contribution is -0.122. The lowest BCUT2D eigenvalue weighted by atomic mass is 10.3. The van der Waals surface area contributed by atoms with Gasteiger partial charge in [-0.2, -0.15) is 0 Å². The smallest absolute Gasteiger partial charge is 0.264 e. The number of ether oxygens (including phenoxy) is 2. The Morgan fingerprint density at radius 2 is 0.944 bits per heavy atom. The third-order valence-electron chi connectivity index (χ3n) is 4.27. The van der Waals surface area contributed by atoms with Crippen LogP contribution in [-0.2, 0) is 9.59 Å². The number of thiocarbonyl (C=S) groups is 2. The molecule has 3 aromatic carbocycles. The second-order valence-corrected chi connectivity index (χ2v) is 8.76. The first-order chi connectivity index (χ1) is 17.3. The quantitative estimate of drug-likeness (QED) is 0.291. The van der Waals surface area contributed by atoms with E-state index in [1.807, 2.05) is 0 Å². The zero-order valence-corrected chi connectivity index (χ0v) is 21.7. The highest BCUT2D eigenvalue weighted by molar-refractivity contribution is 7.80. The largest absolute Gasteiger partial charge is 0.484 e. The Balaban J connectivity index is 1.35. The van der Waals surface area contributed by atoms with Crippen LogP contribution in [0.2, 0.25) is 10.0 Å². The van der Waals surface area contributed by atoms with Crippen molar-refractivity contribution in [2.75, 3.05) is 23.8 Å². The van der Waals surface area contributed by atoms with Crippen molar-refractivity contribution in [1.29, 1.82) is 0 Å². The normalized spacial score (nSPS) is 10.1. The van der Waals surface area contributed by atoms with Crippen LogP contribution in [0.15, 0.2) is 72.8 Å². The van der Waals surface area contributed by atoms with E-state index in [-0.39, 0.29) is 23.4 Å². The van der Waals surface area contributed by atoms with Crippen LogP contribution in [0.3, 0.4) is 0 Å². The second-order valence-electron chi connectivity index (χ2n) is 7.07. The Hall–Kier alpha value is -3.44. The average Bonchev–Trinajstić information content (AvgIpc) is 2.85. The molecule has 3 aromatic rings. The highest BCUT2D eigenvalue weighted by Gasteiger charge is 2.08. The van der Waals surface area contributed by atoms with Gasteiger partial charge in [-0.15, -0.1) is 0 Å². The highest BCUT2D eigenvalue weighted by atomic mass is 35.5. The Labute approximate surface area is 228 Å². The highest BCUT2D eigenvalue weighted by Crippen LogP contribution is 2.18. The molecule has 2 amide bonds. The standard InChI is InChI=1S/C24H20Cl2N4O4S2/c25-15-1-5-17(6-2-15)27-23(35)29-21(31)13-33-19-9-11-20(12-10-19)34-14-22(32)30-24(36)28-18-7-3-16(26)4-8-18/h1-12H,13-14H2,(H2,27,29,31,35)(H2,28,30,32,36). The van der Waals surface area contributed by atoms with Gasteiger partial charge in [-0.05, 0) is 97.2 Å². The van der Waals surface area contributed by atoms with E-state index in [1.165, 1.54) is 0 Å². The maximum Gasteiger partial charge on any atom is 0.264 e. The van der Waals surface area contributed by atoms with Gasteiger partial charge < -0.3 is 20.1 Å². The first kappa shape index (κ1) is 27.2. The molecule has 0 aromatic heterocycles. The number of hydrogen-bond acceptors (Lipinski definition) is 6. The number of hydrogen-bond donors (Lipinski definition) is 4. The van der Waals surface area contributed by atoms with Crippen molar-refractivity contribution in [3.05, 3.63) is 82.8 Å². The summed E-state index contributed by atoms with van der Waals surface area (Å²) in [6.45, 7) is -0.494. The summed E-state index contributed by atoms with van der Waals surface area (Å²) in [5.74, 6) is 0.0158. The minimum atomic E-state index is -0.429. The van der Waals surface area contributed by atoms with Gasteiger partial charge in [0.2, 0.25) is 0 Å². The summed E-state index contributed by atoms with van der Waals surface area (Å²) in [6.07, 6.45) is 0. The number of rotatable bonds is 8. The molecule has 12 heteroatoms. The summed E-state index contributed by atoms with van der Waals surface area (Å²) in [5, 5.41) is 12.2. The van der Waals surface area contributed by atoms with E-state index < -0.39 is 11.8 Å². The lowest BCUT2D eigenvalue weighted by Gasteiger charge is -2.12. The van der Waals surface area contributed by atoms with Crippen LogP contribution in [0, 0.1) is 0 Å². The molecule has 0 aliphatic rings.